The molecule has 21 heavy (non-hydrogen) atoms. The molecule has 0 fully saturated rings. The minimum Gasteiger partial charge on any atom is -0.314 e. The first-order chi connectivity index (χ1) is 10.3. The summed E-state index contributed by atoms with van der Waals surface area (Å²) in [5.41, 5.74) is 1.48. The van der Waals surface area contributed by atoms with Gasteiger partial charge in [0.25, 0.3) is 0 Å². The monoisotopic (exact) mass is 289 g/mol. The van der Waals surface area contributed by atoms with Crippen LogP contribution < -0.4 is 5.32 Å². The summed E-state index contributed by atoms with van der Waals surface area (Å²) >= 11 is 0. The van der Waals surface area contributed by atoms with Gasteiger partial charge in [-0.05, 0) is 50.1 Å². The van der Waals surface area contributed by atoms with Crippen LogP contribution in [-0.2, 0) is 6.42 Å². The lowest BCUT2D eigenvalue weighted by Gasteiger charge is -2.27. The molecule has 0 radical (unpaired) electrons. The fraction of sp³-hybridized carbons (Fsp3) is 0.700. The highest BCUT2D eigenvalue weighted by molar-refractivity contribution is 5.14. The predicted molar refractivity (Wildman–Crippen MR) is 94.8 cm³/mol. The van der Waals surface area contributed by atoms with E-state index in [1.54, 1.807) is 0 Å². The van der Waals surface area contributed by atoms with Crippen molar-refractivity contribution < 1.29 is 0 Å². The number of nitrogens with one attached hydrogen (secondary N) is 1. The van der Waals surface area contributed by atoms with Crippen LogP contribution in [0.5, 0.6) is 0 Å². The lowest BCUT2D eigenvalue weighted by Crippen LogP contribution is -2.36. The van der Waals surface area contributed by atoms with Gasteiger partial charge >= 0.3 is 0 Å². The van der Waals surface area contributed by atoms with Crippen LogP contribution in [0.15, 0.2) is 30.3 Å². The molecular formula is C20H35N. The van der Waals surface area contributed by atoms with Crippen LogP contribution in [0.2, 0.25) is 0 Å². The maximum atomic E-state index is 3.82. The van der Waals surface area contributed by atoms with E-state index in [2.05, 4.69) is 56.4 Å². The Hall–Kier alpha value is -0.820. The van der Waals surface area contributed by atoms with Crippen molar-refractivity contribution in [3.05, 3.63) is 35.9 Å². The number of hydrogen-bond donors (Lipinski definition) is 1. The summed E-state index contributed by atoms with van der Waals surface area (Å²) in [5.74, 6) is 0.854. The molecule has 1 nitrogen and oxygen atoms in total. The first-order valence-corrected chi connectivity index (χ1v) is 9.09. The van der Waals surface area contributed by atoms with E-state index in [4.69, 9.17) is 0 Å². The molecule has 0 aromatic heterocycles. The molecule has 0 amide bonds. The topological polar surface area (TPSA) is 12.0 Å². The Kier molecular flexibility index (Phi) is 10.2. The van der Waals surface area contributed by atoms with Crippen LogP contribution in [0.3, 0.4) is 0 Å². The first kappa shape index (κ1) is 18.2. The average molecular weight is 290 g/mol. The minimum atomic E-state index is 0.713. The number of unbranched alkanes of at least 4 members (excludes halogenated alkanes) is 1. The second kappa shape index (κ2) is 11.8. The van der Waals surface area contributed by atoms with Crippen molar-refractivity contribution in [3.8, 4) is 0 Å². The zero-order valence-electron chi connectivity index (χ0n) is 14.4. The third-order valence-corrected chi connectivity index (χ3v) is 4.50. The van der Waals surface area contributed by atoms with Gasteiger partial charge in [-0.1, -0.05) is 70.4 Å². The highest BCUT2D eigenvalue weighted by atomic mass is 14.9. The van der Waals surface area contributed by atoms with Crippen LogP contribution in [-0.4, -0.2) is 12.6 Å². The molecule has 0 saturated carbocycles. The van der Waals surface area contributed by atoms with Gasteiger partial charge < -0.3 is 5.32 Å². The Morgan fingerprint density at radius 3 is 2.29 bits per heavy atom. The Balaban J connectivity index is 2.43. The van der Waals surface area contributed by atoms with E-state index in [-0.39, 0.29) is 0 Å². The third-order valence-electron chi connectivity index (χ3n) is 4.50. The number of aryl methyl sites for hydroxylation is 1. The van der Waals surface area contributed by atoms with E-state index < -0.39 is 0 Å². The van der Waals surface area contributed by atoms with Crippen molar-refractivity contribution in [2.75, 3.05) is 6.54 Å². The van der Waals surface area contributed by atoms with E-state index in [1.807, 2.05) is 0 Å². The molecule has 1 heteroatoms. The Morgan fingerprint density at radius 2 is 1.67 bits per heavy atom. The molecule has 0 bridgehead atoms. The van der Waals surface area contributed by atoms with Gasteiger partial charge in [0.05, 0.1) is 0 Å². The molecule has 120 valence electrons. The Labute approximate surface area is 132 Å². The largest absolute Gasteiger partial charge is 0.314 e. The summed E-state index contributed by atoms with van der Waals surface area (Å²) in [4.78, 5) is 0. The standard InChI is InChI=1S/C20H35N/c1-4-7-15-19(6-3)20(21-17-5-2)16-11-14-18-12-9-8-10-13-18/h8-10,12-13,19-21H,4-7,11,14-17H2,1-3H3. The summed E-state index contributed by atoms with van der Waals surface area (Å²) < 4.78 is 0. The van der Waals surface area contributed by atoms with Gasteiger partial charge in [0, 0.05) is 6.04 Å². The SMILES string of the molecule is CCCCC(CC)C(CCCc1ccccc1)NCCC. The zero-order chi connectivity index (χ0) is 15.3. The molecule has 0 aliphatic heterocycles. The number of benzene rings is 1. The van der Waals surface area contributed by atoms with E-state index in [0.717, 1.165) is 5.92 Å². The van der Waals surface area contributed by atoms with Gasteiger partial charge in [0.1, 0.15) is 0 Å². The van der Waals surface area contributed by atoms with E-state index in [1.165, 1.54) is 63.5 Å². The predicted octanol–water partition coefficient (Wildman–Crippen LogP) is 5.59. The van der Waals surface area contributed by atoms with Crippen molar-refractivity contribution in [2.45, 2.75) is 78.2 Å². The molecule has 1 N–H and O–H groups in total. The molecule has 1 rings (SSSR count). The molecule has 0 aliphatic rings. The van der Waals surface area contributed by atoms with Crippen LogP contribution >= 0.6 is 0 Å². The quantitative estimate of drug-likeness (QED) is 0.528. The summed E-state index contributed by atoms with van der Waals surface area (Å²) in [6, 6.07) is 11.6. The van der Waals surface area contributed by atoms with Gasteiger partial charge in [0.15, 0.2) is 0 Å². The fourth-order valence-corrected chi connectivity index (χ4v) is 3.16. The Bertz CT molecular complexity index is 333. The van der Waals surface area contributed by atoms with E-state index in [0.29, 0.717) is 6.04 Å². The molecular weight excluding hydrogens is 254 g/mol. The second-order valence-electron chi connectivity index (χ2n) is 6.25. The van der Waals surface area contributed by atoms with E-state index >= 15 is 0 Å². The van der Waals surface area contributed by atoms with Crippen molar-refractivity contribution in [3.63, 3.8) is 0 Å². The molecule has 0 saturated heterocycles. The fourth-order valence-electron chi connectivity index (χ4n) is 3.16. The smallest absolute Gasteiger partial charge is 0.00953 e. The maximum absolute atomic E-state index is 3.82. The minimum absolute atomic E-state index is 0.713. The highest BCUT2D eigenvalue weighted by Gasteiger charge is 2.18. The maximum Gasteiger partial charge on any atom is 0.00953 e. The van der Waals surface area contributed by atoms with Crippen LogP contribution in [0, 0.1) is 5.92 Å². The normalized spacial score (nSPS) is 14.0. The van der Waals surface area contributed by atoms with Crippen LogP contribution in [0.25, 0.3) is 0 Å². The lowest BCUT2D eigenvalue weighted by molar-refractivity contribution is 0.298. The molecule has 0 heterocycles. The molecule has 2 unspecified atom stereocenters. The molecule has 2 atom stereocenters. The number of rotatable bonds is 12. The highest BCUT2D eigenvalue weighted by Crippen LogP contribution is 2.21. The van der Waals surface area contributed by atoms with Crippen molar-refractivity contribution in [1.29, 1.82) is 0 Å². The van der Waals surface area contributed by atoms with Crippen LogP contribution in [0.1, 0.15) is 71.3 Å². The van der Waals surface area contributed by atoms with Crippen molar-refractivity contribution in [1.82, 2.24) is 5.32 Å². The van der Waals surface area contributed by atoms with Crippen LogP contribution in [0.4, 0.5) is 0 Å². The zero-order valence-corrected chi connectivity index (χ0v) is 14.4. The number of hydrogen-bond acceptors (Lipinski definition) is 1. The second-order valence-corrected chi connectivity index (χ2v) is 6.25. The summed E-state index contributed by atoms with van der Waals surface area (Å²) in [7, 11) is 0. The van der Waals surface area contributed by atoms with Gasteiger partial charge in [-0.2, -0.15) is 0 Å². The van der Waals surface area contributed by atoms with Gasteiger partial charge in [-0.15, -0.1) is 0 Å². The molecule has 0 aliphatic carbocycles. The summed E-state index contributed by atoms with van der Waals surface area (Å²) in [6.45, 7) is 8.09. The summed E-state index contributed by atoms with van der Waals surface area (Å²) in [5, 5.41) is 3.82. The Morgan fingerprint density at radius 1 is 0.905 bits per heavy atom. The molecule has 1 aromatic rings. The van der Waals surface area contributed by atoms with Gasteiger partial charge in [-0.25, -0.2) is 0 Å². The molecule has 0 spiro atoms. The summed E-state index contributed by atoms with van der Waals surface area (Å²) in [6.07, 6.45) is 10.5. The van der Waals surface area contributed by atoms with Gasteiger partial charge in [0.2, 0.25) is 0 Å². The van der Waals surface area contributed by atoms with Crippen molar-refractivity contribution in [2.24, 2.45) is 5.92 Å². The van der Waals surface area contributed by atoms with Crippen molar-refractivity contribution >= 4 is 0 Å². The van der Waals surface area contributed by atoms with Gasteiger partial charge in [-0.3, -0.25) is 0 Å². The third kappa shape index (κ3) is 7.66. The van der Waals surface area contributed by atoms with E-state index in [9.17, 15) is 0 Å². The average Bonchev–Trinajstić information content (AvgIpc) is 2.53. The lowest BCUT2D eigenvalue weighted by atomic mass is 9.87. The molecule has 1 aromatic carbocycles. The first-order valence-electron chi connectivity index (χ1n) is 9.09.